The summed E-state index contributed by atoms with van der Waals surface area (Å²) in [5.41, 5.74) is 18.7. The number of hydrogen-bond acceptors (Lipinski definition) is 7. The van der Waals surface area contributed by atoms with E-state index in [0.717, 1.165) is 5.56 Å². The molecule has 20 heavy (non-hydrogen) atoms. The minimum absolute atomic E-state index is 0.0658. The standard InChI is InChI=1S/C13H17N5O2/c1-19-9-4-3-7(6-10(9)20-2)5-8-11(14)17-13(16)18-12(8)15/h3-4,6H,5H2,1-2H3,(H6,14,15,16,17,18). The number of nitrogens with zero attached hydrogens (tertiary/aromatic N) is 2. The van der Waals surface area contributed by atoms with Gasteiger partial charge < -0.3 is 26.7 Å². The fourth-order valence-electron chi connectivity index (χ4n) is 1.91. The summed E-state index contributed by atoms with van der Waals surface area (Å²) in [6.07, 6.45) is 0.484. The molecule has 0 saturated carbocycles. The Labute approximate surface area is 116 Å². The SMILES string of the molecule is COc1ccc(Cc2c(N)nc(N)nc2N)cc1OC. The summed E-state index contributed by atoms with van der Waals surface area (Å²) in [5, 5.41) is 0. The predicted molar refractivity (Wildman–Crippen MR) is 77.6 cm³/mol. The van der Waals surface area contributed by atoms with Crippen LogP contribution in [0.25, 0.3) is 0 Å². The monoisotopic (exact) mass is 275 g/mol. The van der Waals surface area contributed by atoms with Crippen molar-refractivity contribution in [3.8, 4) is 11.5 Å². The predicted octanol–water partition coefficient (Wildman–Crippen LogP) is 0.831. The number of benzene rings is 1. The lowest BCUT2D eigenvalue weighted by atomic mass is 10.1. The number of nitrogen functional groups attached to an aromatic ring is 3. The van der Waals surface area contributed by atoms with Crippen LogP contribution in [0.15, 0.2) is 18.2 Å². The zero-order valence-electron chi connectivity index (χ0n) is 11.4. The molecule has 6 N–H and O–H groups in total. The molecule has 0 unspecified atom stereocenters. The van der Waals surface area contributed by atoms with Crippen molar-refractivity contribution < 1.29 is 9.47 Å². The molecule has 0 aliphatic carbocycles. The molecule has 2 aromatic rings. The van der Waals surface area contributed by atoms with E-state index in [9.17, 15) is 0 Å². The Bertz CT molecular complexity index is 607. The molecule has 0 aliphatic rings. The summed E-state index contributed by atoms with van der Waals surface area (Å²) in [4.78, 5) is 7.83. The fraction of sp³-hybridized carbons (Fsp3) is 0.231. The third-order valence-corrected chi connectivity index (χ3v) is 2.92. The van der Waals surface area contributed by atoms with E-state index in [1.807, 2.05) is 18.2 Å². The van der Waals surface area contributed by atoms with Gasteiger partial charge in [-0.05, 0) is 17.7 Å². The quantitative estimate of drug-likeness (QED) is 0.755. The van der Waals surface area contributed by atoms with Crippen molar-refractivity contribution in [2.24, 2.45) is 0 Å². The molecular formula is C13H17N5O2. The van der Waals surface area contributed by atoms with Gasteiger partial charge in [-0.1, -0.05) is 6.07 Å². The molecule has 0 bridgehead atoms. The first kappa shape index (κ1) is 13.7. The zero-order chi connectivity index (χ0) is 14.7. The van der Waals surface area contributed by atoms with Crippen LogP contribution in [-0.4, -0.2) is 24.2 Å². The highest BCUT2D eigenvalue weighted by Gasteiger charge is 2.11. The van der Waals surface area contributed by atoms with Gasteiger partial charge in [0.15, 0.2) is 11.5 Å². The maximum Gasteiger partial charge on any atom is 0.223 e. The Morgan fingerprint density at radius 3 is 2.10 bits per heavy atom. The maximum atomic E-state index is 5.83. The molecule has 1 aromatic heterocycles. The topological polar surface area (TPSA) is 122 Å². The van der Waals surface area contributed by atoms with Gasteiger partial charge in [-0.2, -0.15) is 9.97 Å². The van der Waals surface area contributed by atoms with Crippen molar-refractivity contribution in [1.29, 1.82) is 0 Å². The van der Waals surface area contributed by atoms with Gasteiger partial charge in [0.25, 0.3) is 0 Å². The van der Waals surface area contributed by atoms with Gasteiger partial charge in [0.2, 0.25) is 5.95 Å². The first-order valence-corrected chi connectivity index (χ1v) is 5.93. The van der Waals surface area contributed by atoms with E-state index in [2.05, 4.69) is 9.97 Å². The van der Waals surface area contributed by atoms with Crippen molar-refractivity contribution in [1.82, 2.24) is 9.97 Å². The molecule has 7 nitrogen and oxygen atoms in total. The van der Waals surface area contributed by atoms with Gasteiger partial charge in [0.1, 0.15) is 11.6 Å². The third kappa shape index (κ3) is 2.66. The minimum Gasteiger partial charge on any atom is -0.493 e. The highest BCUT2D eigenvalue weighted by molar-refractivity contribution is 5.58. The summed E-state index contributed by atoms with van der Waals surface area (Å²) in [5.74, 6) is 1.93. The highest BCUT2D eigenvalue weighted by atomic mass is 16.5. The molecule has 7 heteroatoms. The van der Waals surface area contributed by atoms with Crippen LogP contribution >= 0.6 is 0 Å². The fourth-order valence-corrected chi connectivity index (χ4v) is 1.91. The van der Waals surface area contributed by atoms with Crippen molar-refractivity contribution in [3.63, 3.8) is 0 Å². The lowest BCUT2D eigenvalue weighted by Gasteiger charge is -2.11. The zero-order valence-corrected chi connectivity index (χ0v) is 11.4. The van der Waals surface area contributed by atoms with Crippen LogP contribution in [0.2, 0.25) is 0 Å². The lowest BCUT2D eigenvalue weighted by molar-refractivity contribution is 0.354. The number of methoxy groups -OCH3 is 2. The van der Waals surface area contributed by atoms with E-state index in [1.54, 1.807) is 14.2 Å². The molecule has 0 aliphatic heterocycles. The average molecular weight is 275 g/mol. The van der Waals surface area contributed by atoms with Crippen molar-refractivity contribution >= 4 is 17.6 Å². The van der Waals surface area contributed by atoms with Crippen LogP contribution in [0.3, 0.4) is 0 Å². The smallest absolute Gasteiger partial charge is 0.223 e. The molecule has 0 saturated heterocycles. The largest absolute Gasteiger partial charge is 0.493 e. The van der Waals surface area contributed by atoms with Crippen LogP contribution < -0.4 is 26.7 Å². The number of anilines is 3. The molecule has 0 spiro atoms. The second-order valence-corrected chi connectivity index (χ2v) is 4.20. The van der Waals surface area contributed by atoms with Gasteiger partial charge in [-0.3, -0.25) is 0 Å². The van der Waals surface area contributed by atoms with Crippen molar-refractivity contribution in [3.05, 3.63) is 29.3 Å². The van der Waals surface area contributed by atoms with Gasteiger partial charge in [-0.15, -0.1) is 0 Å². The molecule has 0 amide bonds. The molecule has 0 fully saturated rings. The second kappa shape index (κ2) is 5.52. The highest BCUT2D eigenvalue weighted by Crippen LogP contribution is 2.29. The van der Waals surface area contributed by atoms with E-state index in [-0.39, 0.29) is 17.6 Å². The molecule has 106 valence electrons. The molecule has 2 rings (SSSR count). The lowest BCUT2D eigenvalue weighted by Crippen LogP contribution is -2.09. The van der Waals surface area contributed by atoms with E-state index in [0.29, 0.717) is 23.5 Å². The van der Waals surface area contributed by atoms with Gasteiger partial charge >= 0.3 is 0 Å². The number of nitrogens with two attached hydrogens (primary N) is 3. The summed E-state index contributed by atoms with van der Waals surface area (Å²) in [6.45, 7) is 0. The Balaban J connectivity index is 2.35. The first-order valence-electron chi connectivity index (χ1n) is 5.93. The third-order valence-electron chi connectivity index (χ3n) is 2.92. The molecular weight excluding hydrogens is 258 g/mol. The second-order valence-electron chi connectivity index (χ2n) is 4.20. The van der Waals surface area contributed by atoms with E-state index < -0.39 is 0 Å². The van der Waals surface area contributed by atoms with Crippen LogP contribution in [-0.2, 0) is 6.42 Å². The van der Waals surface area contributed by atoms with E-state index >= 15 is 0 Å². The van der Waals surface area contributed by atoms with Crippen LogP contribution in [0.1, 0.15) is 11.1 Å². The van der Waals surface area contributed by atoms with Gasteiger partial charge in [0.05, 0.1) is 14.2 Å². The summed E-state index contributed by atoms with van der Waals surface area (Å²) in [7, 11) is 3.16. The molecule has 0 atom stereocenters. The van der Waals surface area contributed by atoms with Crippen LogP contribution in [0, 0.1) is 0 Å². The van der Waals surface area contributed by atoms with E-state index in [1.165, 1.54) is 0 Å². The maximum absolute atomic E-state index is 5.83. The van der Waals surface area contributed by atoms with Crippen LogP contribution in [0.4, 0.5) is 17.6 Å². The Morgan fingerprint density at radius 1 is 0.950 bits per heavy atom. The average Bonchev–Trinajstić information content (AvgIpc) is 2.42. The Hall–Kier alpha value is -2.70. The first-order chi connectivity index (χ1) is 9.55. The number of rotatable bonds is 4. The normalized spacial score (nSPS) is 10.3. The van der Waals surface area contributed by atoms with Crippen LogP contribution in [0.5, 0.6) is 11.5 Å². The summed E-state index contributed by atoms with van der Waals surface area (Å²) in [6, 6.07) is 5.57. The van der Waals surface area contributed by atoms with E-state index in [4.69, 9.17) is 26.7 Å². The molecule has 0 radical (unpaired) electrons. The Kier molecular flexibility index (Phi) is 3.79. The number of aromatic nitrogens is 2. The molecule has 1 aromatic carbocycles. The van der Waals surface area contributed by atoms with Gasteiger partial charge in [0, 0.05) is 12.0 Å². The number of ether oxygens (including phenoxy) is 2. The minimum atomic E-state index is 0.0658. The number of hydrogen-bond donors (Lipinski definition) is 3. The van der Waals surface area contributed by atoms with Crippen molar-refractivity contribution in [2.75, 3.05) is 31.4 Å². The van der Waals surface area contributed by atoms with Gasteiger partial charge in [-0.25, -0.2) is 0 Å². The Morgan fingerprint density at radius 2 is 1.55 bits per heavy atom. The summed E-state index contributed by atoms with van der Waals surface area (Å²) >= 11 is 0. The summed E-state index contributed by atoms with van der Waals surface area (Å²) < 4.78 is 10.4. The van der Waals surface area contributed by atoms with Crippen molar-refractivity contribution in [2.45, 2.75) is 6.42 Å². The molecule has 1 heterocycles.